The Morgan fingerprint density at radius 3 is 1.94 bits per heavy atom. The normalized spacial score (nSPS) is 10.9. The van der Waals surface area contributed by atoms with Crippen LogP contribution in [0.3, 0.4) is 0 Å². The molecule has 0 aromatic heterocycles. The molecule has 1 N–H and O–H groups in total. The summed E-state index contributed by atoms with van der Waals surface area (Å²) in [4.78, 5) is 0. The van der Waals surface area contributed by atoms with Gasteiger partial charge in [-0.2, -0.15) is 0 Å². The maximum absolute atomic E-state index is 9.22. The Morgan fingerprint density at radius 1 is 1.00 bits per heavy atom. The van der Waals surface area contributed by atoms with Crippen molar-refractivity contribution in [2.75, 3.05) is 13.2 Å². The number of hydrogen-bond donors (Lipinski definition) is 1. The van der Waals surface area contributed by atoms with E-state index in [4.69, 9.17) is 8.85 Å². The average Bonchev–Trinajstić information content (AvgIpc) is 2.31. The number of phenolic OH excluding ortho intramolecular Hbond substituents is 1. The Bertz CT molecular complexity index is 279. The van der Waals surface area contributed by atoms with Gasteiger partial charge in [-0.3, -0.25) is 0 Å². The molecule has 0 amide bonds. The molecule has 0 saturated heterocycles. The Kier molecular flexibility index (Phi) is 6.14. The van der Waals surface area contributed by atoms with Crippen LogP contribution in [0.15, 0.2) is 24.3 Å². The molecule has 90 valence electrons. The van der Waals surface area contributed by atoms with Crippen LogP contribution in [0.1, 0.15) is 26.7 Å². The number of aromatic hydroxyl groups is 1. The molecule has 1 rings (SSSR count). The lowest BCUT2D eigenvalue weighted by molar-refractivity contribution is 0.207. The predicted molar refractivity (Wildman–Crippen MR) is 67.4 cm³/mol. The maximum atomic E-state index is 9.22. The predicted octanol–water partition coefficient (Wildman–Crippen LogP) is 1.67. The Hall–Kier alpha value is -0.843. The lowest BCUT2D eigenvalue weighted by Crippen LogP contribution is -2.37. The van der Waals surface area contributed by atoms with E-state index in [-0.39, 0.29) is 5.75 Å². The minimum absolute atomic E-state index is 0.280. The van der Waals surface area contributed by atoms with Crippen LogP contribution in [-0.4, -0.2) is 27.6 Å². The second kappa shape index (κ2) is 7.43. The first kappa shape index (κ1) is 13.2. The summed E-state index contributed by atoms with van der Waals surface area (Å²) in [6.07, 6.45) is 1.99. The molecule has 0 atom stereocenters. The van der Waals surface area contributed by atoms with Crippen molar-refractivity contribution in [1.82, 2.24) is 0 Å². The van der Waals surface area contributed by atoms with E-state index in [1.807, 2.05) is 12.1 Å². The Balaban J connectivity index is 2.62. The third-order valence-electron chi connectivity index (χ3n) is 2.11. The first-order valence-electron chi connectivity index (χ1n) is 5.80. The largest absolute Gasteiger partial charge is 0.508 e. The first-order chi connectivity index (χ1) is 7.77. The lowest BCUT2D eigenvalue weighted by atomic mass is 10.3. The standard InChI is InChI=1S/C12H20O3Si/c1-3-9-14-16(15-10-4-2)12-7-5-11(13)6-8-12/h5-8,13,16H,3-4,9-10H2,1-2H3. The van der Waals surface area contributed by atoms with E-state index in [2.05, 4.69) is 13.8 Å². The van der Waals surface area contributed by atoms with Gasteiger partial charge in [0.25, 0.3) is 0 Å². The van der Waals surface area contributed by atoms with E-state index >= 15 is 0 Å². The molecule has 0 saturated carbocycles. The lowest BCUT2D eigenvalue weighted by Gasteiger charge is -2.16. The fourth-order valence-electron chi connectivity index (χ4n) is 1.32. The van der Waals surface area contributed by atoms with Gasteiger partial charge in [-0.1, -0.05) is 26.0 Å². The van der Waals surface area contributed by atoms with Gasteiger partial charge in [0.05, 0.1) is 0 Å². The van der Waals surface area contributed by atoms with Gasteiger partial charge in [0, 0.05) is 13.2 Å². The molecule has 0 bridgehead atoms. The van der Waals surface area contributed by atoms with Crippen molar-refractivity contribution < 1.29 is 14.0 Å². The van der Waals surface area contributed by atoms with E-state index < -0.39 is 9.28 Å². The van der Waals surface area contributed by atoms with Crippen LogP contribution in [0.2, 0.25) is 0 Å². The van der Waals surface area contributed by atoms with Crippen molar-refractivity contribution in [1.29, 1.82) is 0 Å². The van der Waals surface area contributed by atoms with Crippen molar-refractivity contribution in [2.45, 2.75) is 26.7 Å². The SMILES string of the molecule is CCCO[SiH](OCCC)c1ccc(O)cc1. The van der Waals surface area contributed by atoms with Gasteiger partial charge in [-0.05, 0) is 30.2 Å². The van der Waals surface area contributed by atoms with Crippen molar-refractivity contribution in [2.24, 2.45) is 0 Å². The van der Waals surface area contributed by atoms with Crippen LogP contribution in [0, 0.1) is 0 Å². The van der Waals surface area contributed by atoms with E-state index in [1.54, 1.807) is 12.1 Å². The number of rotatable bonds is 7. The van der Waals surface area contributed by atoms with Crippen LogP contribution in [0.25, 0.3) is 0 Å². The molecule has 0 aliphatic heterocycles. The smallest absolute Gasteiger partial charge is 0.355 e. The Morgan fingerprint density at radius 2 is 1.50 bits per heavy atom. The van der Waals surface area contributed by atoms with Crippen molar-refractivity contribution in [3.63, 3.8) is 0 Å². The molecule has 0 spiro atoms. The van der Waals surface area contributed by atoms with E-state index in [1.165, 1.54) is 0 Å². The zero-order valence-corrected chi connectivity index (χ0v) is 11.1. The van der Waals surface area contributed by atoms with Crippen LogP contribution < -0.4 is 5.19 Å². The molecule has 0 unspecified atom stereocenters. The average molecular weight is 240 g/mol. The number of phenols is 1. The van der Waals surface area contributed by atoms with Crippen LogP contribution >= 0.6 is 0 Å². The molecule has 0 aliphatic carbocycles. The second-order valence-corrected chi connectivity index (χ2v) is 5.66. The number of hydrogen-bond acceptors (Lipinski definition) is 3. The molecule has 16 heavy (non-hydrogen) atoms. The fraction of sp³-hybridized carbons (Fsp3) is 0.500. The van der Waals surface area contributed by atoms with E-state index in [9.17, 15) is 5.11 Å². The number of benzene rings is 1. The monoisotopic (exact) mass is 240 g/mol. The molecule has 0 radical (unpaired) electrons. The van der Waals surface area contributed by atoms with Crippen LogP contribution in [0.4, 0.5) is 0 Å². The van der Waals surface area contributed by atoms with Gasteiger partial charge < -0.3 is 14.0 Å². The molecule has 1 aromatic rings. The molecule has 0 heterocycles. The molecular weight excluding hydrogens is 220 g/mol. The fourth-order valence-corrected chi connectivity index (χ4v) is 3.21. The highest BCUT2D eigenvalue weighted by molar-refractivity contribution is 6.61. The molecule has 0 aliphatic rings. The summed E-state index contributed by atoms with van der Waals surface area (Å²) in [7, 11) is -1.76. The van der Waals surface area contributed by atoms with E-state index in [0.29, 0.717) is 0 Å². The quantitative estimate of drug-likeness (QED) is 0.737. The highest BCUT2D eigenvalue weighted by atomic mass is 28.3. The molecule has 1 aromatic carbocycles. The van der Waals surface area contributed by atoms with E-state index in [0.717, 1.165) is 31.2 Å². The second-order valence-electron chi connectivity index (χ2n) is 3.67. The molecular formula is C12H20O3Si. The van der Waals surface area contributed by atoms with Gasteiger partial charge in [-0.25, -0.2) is 0 Å². The zero-order valence-electron chi connectivity index (χ0n) is 9.98. The van der Waals surface area contributed by atoms with Gasteiger partial charge in [0.15, 0.2) is 0 Å². The molecule has 4 heteroatoms. The summed E-state index contributed by atoms with van der Waals surface area (Å²) in [5.41, 5.74) is 0. The summed E-state index contributed by atoms with van der Waals surface area (Å²) < 4.78 is 11.5. The summed E-state index contributed by atoms with van der Waals surface area (Å²) in [5.74, 6) is 0.280. The summed E-state index contributed by atoms with van der Waals surface area (Å²) in [6.45, 7) is 5.65. The maximum Gasteiger partial charge on any atom is 0.355 e. The minimum Gasteiger partial charge on any atom is -0.508 e. The van der Waals surface area contributed by atoms with Crippen molar-refractivity contribution in [3.05, 3.63) is 24.3 Å². The zero-order chi connectivity index (χ0) is 11.8. The van der Waals surface area contributed by atoms with Gasteiger partial charge in [0.2, 0.25) is 0 Å². The summed E-state index contributed by atoms with van der Waals surface area (Å²) in [6, 6.07) is 7.13. The minimum atomic E-state index is -1.76. The van der Waals surface area contributed by atoms with Crippen LogP contribution in [0.5, 0.6) is 5.75 Å². The Labute approximate surface area is 98.9 Å². The topological polar surface area (TPSA) is 38.7 Å². The first-order valence-corrected chi connectivity index (χ1v) is 7.32. The highest BCUT2D eigenvalue weighted by Crippen LogP contribution is 2.05. The summed E-state index contributed by atoms with van der Waals surface area (Å²) >= 11 is 0. The highest BCUT2D eigenvalue weighted by Gasteiger charge is 2.15. The van der Waals surface area contributed by atoms with Gasteiger partial charge in [-0.15, -0.1) is 0 Å². The van der Waals surface area contributed by atoms with Gasteiger partial charge >= 0.3 is 9.28 Å². The molecule has 3 nitrogen and oxygen atoms in total. The third-order valence-corrected chi connectivity index (χ3v) is 4.12. The van der Waals surface area contributed by atoms with Crippen molar-refractivity contribution >= 4 is 14.5 Å². The van der Waals surface area contributed by atoms with Crippen LogP contribution in [-0.2, 0) is 8.85 Å². The van der Waals surface area contributed by atoms with Gasteiger partial charge in [0.1, 0.15) is 5.75 Å². The summed E-state index contributed by atoms with van der Waals surface area (Å²) in [5, 5.41) is 10.3. The third kappa shape index (κ3) is 4.34. The van der Waals surface area contributed by atoms with Crippen molar-refractivity contribution in [3.8, 4) is 5.75 Å². The molecule has 0 fully saturated rings.